The molecular formula is C26H34N4O5. The average molecular weight is 483 g/mol. The SMILES string of the molecule is CCCCONC(=O)CCCCC[C@H](NC(=O)CCC(=O)O)c1nc2c(ccc3ccccc32)[nH]1. The van der Waals surface area contributed by atoms with Gasteiger partial charge in [-0.15, -0.1) is 0 Å². The minimum Gasteiger partial charge on any atom is -0.481 e. The number of hydrogen-bond donors (Lipinski definition) is 4. The third kappa shape index (κ3) is 8.06. The Kier molecular flexibility index (Phi) is 10.0. The van der Waals surface area contributed by atoms with Crippen molar-refractivity contribution in [1.82, 2.24) is 20.8 Å². The molecule has 0 radical (unpaired) electrons. The van der Waals surface area contributed by atoms with Crippen LogP contribution in [-0.2, 0) is 19.2 Å². The van der Waals surface area contributed by atoms with Gasteiger partial charge in [0.15, 0.2) is 0 Å². The van der Waals surface area contributed by atoms with Gasteiger partial charge >= 0.3 is 5.97 Å². The van der Waals surface area contributed by atoms with Gasteiger partial charge in [0, 0.05) is 18.2 Å². The quantitative estimate of drug-likeness (QED) is 0.186. The van der Waals surface area contributed by atoms with E-state index in [1.807, 2.05) is 36.4 Å². The van der Waals surface area contributed by atoms with Gasteiger partial charge in [-0.05, 0) is 30.7 Å². The minimum absolute atomic E-state index is 0.0901. The largest absolute Gasteiger partial charge is 0.481 e. The standard InChI is InChI=1S/C26H34N4O5/c1-2-3-17-35-30-23(32)12-6-4-5-11-21(27-22(31)15-16-24(33)34)26-28-20-14-13-18-9-7-8-10-19(18)25(20)29-26/h7-10,13-14,21H,2-6,11-12,15-17H2,1H3,(H,27,31)(H,28,29)(H,30,32)(H,33,34)/t21-/m0/s1. The molecule has 0 saturated heterocycles. The van der Waals surface area contributed by atoms with Gasteiger partial charge in [0.05, 0.1) is 30.1 Å². The van der Waals surface area contributed by atoms with E-state index in [1.165, 1.54) is 0 Å². The number of carbonyl (C=O) groups excluding carboxylic acids is 2. The monoisotopic (exact) mass is 482 g/mol. The van der Waals surface area contributed by atoms with Crippen molar-refractivity contribution in [1.29, 1.82) is 0 Å². The maximum absolute atomic E-state index is 12.4. The van der Waals surface area contributed by atoms with E-state index < -0.39 is 5.97 Å². The fourth-order valence-electron chi connectivity index (χ4n) is 3.90. The predicted octanol–water partition coefficient (Wildman–Crippen LogP) is 4.54. The van der Waals surface area contributed by atoms with Crippen LogP contribution in [0.15, 0.2) is 36.4 Å². The highest BCUT2D eigenvalue weighted by Crippen LogP contribution is 2.27. The minimum atomic E-state index is -1.01. The molecule has 0 aliphatic heterocycles. The fraction of sp³-hybridized carbons (Fsp3) is 0.462. The van der Waals surface area contributed by atoms with E-state index in [0.717, 1.165) is 47.5 Å². The lowest BCUT2D eigenvalue weighted by molar-refractivity contribution is -0.139. The topological polar surface area (TPSA) is 133 Å². The lowest BCUT2D eigenvalue weighted by Crippen LogP contribution is -2.29. The molecule has 3 rings (SSSR count). The molecule has 0 fully saturated rings. The van der Waals surface area contributed by atoms with Crippen molar-refractivity contribution >= 4 is 39.6 Å². The fourth-order valence-corrected chi connectivity index (χ4v) is 3.90. The second kappa shape index (κ2) is 13.4. The number of H-pyrrole nitrogens is 1. The molecule has 0 unspecified atom stereocenters. The predicted molar refractivity (Wildman–Crippen MR) is 133 cm³/mol. The van der Waals surface area contributed by atoms with E-state index >= 15 is 0 Å². The van der Waals surface area contributed by atoms with E-state index in [4.69, 9.17) is 14.9 Å². The molecule has 4 N–H and O–H groups in total. The van der Waals surface area contributed by atoms with Crippen LogP contribution in [0.2, 0.25) is 0 Å². The lowest BCUT2D eigenvalue weighted by Gasteiger charge is -2.16. The van der Waals surface area contributed by atoms with Crippen LogP contribution in [0.5, 0.6) is 0 Å². The zero-order valence-electron chi connectivity index (χ0n) is 20.1. The average Bonchev–Trinajstić information content (AvgIpc) is 3.29. The number of nitrogens with zero attached hydrogens (tertiary/aromatic N) is 1. The number of fused-ring (bicyclic) bond motifs is 3. The maximum Gasteiger partial charge on any atom is 0.303 e. The number of carboxylic acids is 1. The first-order chi connectivity index (χ1) is 17.0. The molecule has 9 heteroatoms. The van der Waals surface area contributed by atoms with Crippen molar-refractivity contribution < 1.29 is 24.3 Å². The Morgan fingerprint density at radius 2 is 1.83 bits per heavy atom. The maximum atomic E-state index is 12.4. The summed E-state index contributed by atoms with van der Waals surface area (Å²) in [6.45, 7) is 2.57. The number of hydrogen-bond acceptors (Lipinski definition) is 5. The van der Waals surface area contributed by atoms with Crippen molar-refractivity contribution in [2.45, 2.75) is 70.8 Å². The molecule has 0 saturated carbocycles. The number of benzene rings is 2. The second-order valence-electron chi connectivity index (χ2n) is 8.65. The number of hydroxylamine groups is 1. The number of carbonyl (C=O) groups is 3. The van der Waals surface area contributed by atoms with Crippen LogP contribution in [0, 0.1) is 0 Å². The highest BCUT2D eigenvalue weighted by Gasteiger charge is 2.19. The molecule has 188 valence electrons. The molecule has 9 nitrogen and oxygen atoms in total. The van der Waals surface area contributed by atoms with Gasteiger partial charge in [0.2, 0.25) is 11.8 Å². The number of carboxylic acid groups (broad SMARTS) is 1. The summed E-state index contributed by atoms with van der Waals surface area (Å²) < 4.78 is 0. The number of aromatic amines is 1. The Balaban J connectivity index is 1.61. The summed E-state index contributed by atoms with van der Waals surface area (Å²) in [4.78, 5) is 48.4. The molecule has 3 aromatic rings. The Morgan fingerprint density at radius 3 is 2.63 bits per heavy atom. The summed E-state index contributed by atoms with van der Waals surface area (Å²) in [5.74, 6) is -0.832. The zero-order chi connectivity index (χ0) is 25.0. The molecule has 0 spiro atoms. The molecule has 0 aliphatic rings. The van der Waals surface area contributed by atoms with Gasteiger partial charge in [0.25, 0.3) is 0 Å². The summed E-state index contributed by atoms with van der Waals surface area (Å²) >= 11 is 0. The third-order valence-corrected chi connectivity index (χ3v) is 5.81. The summed E-state index contributed by atoms with van der Waals surface area (Å²) in [6.07, 6.45) is 4.85. The highest BCUT2D eigenvalue weighted by molar-refractivity contribution is 6.04. The Bertz CT molecular complexity index is 1140. The first kappa shape index (κ1) is 26.2. The lowest BCUT2D eigenvalue weighted by atomic mass is 10.1. The van der Waals surface area contributed by atoms with E-state index in [2.05, 4.69) is 22.7 Å². The van der Waals surface area contributed by atoms with E-state index in [1.54, 1.807) is 0 Å². The molecule has 1 atom stereocenters. The van der Waals surface area contributed by atoms with E-state index in [9.17, 15) is 14.4 Å². The van der Waals surface area contributed by atoms with Gasteiger partial charge in [-0.3, -0.25) is 19.2 Å². The summed E-state index contributed by atoms with van der Waals surface area (Å²) in [5, 5.41) is 13.9. The third-order valence-electron chi connectivity index (χ3n) is 5.81. The molecule has 2 aromatic carbocycles. The van der Waals surface area contributed by atoms with E-state index in [0.29, 0.717) is 31.7 Å². The molecule has 1 aromatic heterocycles. The molecule has 0 bridgehead atoms. The number of unbranched alkanes of at least 4 members (excludes halogenated alkanes) is 3. The van der Waals surface area contributed by atoms with Gasteiger partial charge in [-0.25, -0.2) is 10.5 Å². The van der Waals surface area contributed by atoms with E-state index in [-0.39, 0.29) is 30.7 Å². The molecule has 2 amide bonds. The summed E-state index contributed by atoms with van der Waals surface area (Å²) in [6, 6.07) is 11.6. The Hall–Kier alpha value is -3.46. The number of imidazole rings is 1. The Morgan fingerprint density at radius 1 is 1.00 bits per heavy atom. The molecule has 1 heterocycles. The van der Waals surface area contributed by atoms with Crippen LogP contribution in [0.1, 0.15) is 76.6 Å². The summed E-state index contributed by atoms with van der Waals surface area (Å²) in [5.41, 5.74) is 4.18. The molecule has 0 aliphatic carbocycles. The number of aliphatic carboxylic acids is 1. The number of aromatic nitrogens is 2. The van der Waals surface area contributed by atoms with Gasteiger partial charge in [-0.2, -0.15) is 0 Å². The van der Waals surface area contributed by atoms with Crippen LogP contribution in [0.25, 0.3) is 21.8 Å². The Labute approximate surface area is 204 Å². The van der Waals surface area contributed by atoms with Crippen molar-refractivity contribution in [2.24, 2.45) is 0 Å². The van der Waals surface area contributed by atoms with Crippen LogP contribution >= 0.6 is 0 Å². The second-order valence-corrected chi connectivity index (χ2v) is 8.65. The van der Waals surface area contributed by atoms with Gasteiger partial charge < -0.3 is 15.4 Å². The number of rotatable bonds is 15. The van der Waals surface area contributed by atoms with Crippen LogP contribution < -0.4 is 10.8 Å². The highest BCUT2D eigenvalue weighted by atomic mass is 16.6. The smallest absolute Gasteiger partial charge is 0.303 e. The first-order valence-corrected chi connectivity index (χ1v) is 12.3. The normalized spacial score (nSPS) is 12.0. The first-order valence-electron chi connectivity index (χ1n) is 12.3. The summed E-state index contributed by atoms with van der Waals surface area (Å²) in [7, 11) is 0. The van der Waals surface area contributed by atoms with Crippen LogP contribution in [-0.4, -0.2) is 39.5 Å². The number of nitrogens with one attached hydrogen (secondary N) is 3. The number of amides is 2. The van der Waals surface area contributed by atoms with Crippen molar-refractivity contribution in [3.05, 3.63) is 42.2 Å². The van der Waals surface area contributed by atoms with Crippen molar-refractivity contribution in [2.75, 3.05) is 6.61 Å². The van der Waals surface area contributed by atoms with Crippen molar-refractivity contribution in [3.63, 3.8) is 0 Å². The molecule has 35 heavy (non-hydrogen) atoms. The van der Waals surface area contributed by atoms with Crippen LogP contribution in [0.4, 0.5) is 0 Å². The van der Waals surface area contributed by atoms with Crippen molar-refractivity contribution in [3.8, 4) is 0 Å². The zero-order valence-corrected chi connectivity index (χ0v) is 20.1. The van der Waals surface area contributed by atoms with Gasteiger partial charge in [0.1, 0.15) is 5.82 Å². The molecular weight excluding hydrogens is 448 g/mol. The van der Waals surface area contributed by atoms with Gasteiger partial charge in [-0.1, -0.05) is 56.5 Å². The van der Waals surface area contributed by atoms with Crippen LogP contribution in [0.3, 0.4) is 0 Å².